The molecule has 1 heterocycles. The number of nitrogens with one attached hydrogen (secondary N) is 2. The quantitative estimate of drug-likeness (QED) is 0.414. The summed E-state index contributed by atoms with van der Waals surface area (Å²) in [5, 5.41) is 14.4. The van der Waals surface area contributed by atoms with E-state index in [0.717, 1.165) is 6.42 Å². The smallest absolute Gasteiger partial charge is 0.437 e. The van der Waals surface area contributed by atoms with Gasteiger partial charge >= 0.3 is 18.2 Å². The van der Waals surface area contributed by atoms with Crippen molar-refractivity contribution in [1.82, 2.24) is 10.6 Å². The Balaban J connectivity index is 2.05. The molecular weight excluding hydrogens is 457 g/mol. The molecule has 0 unspecified atom stereocenters. The number of carbonyl (C=O) groups is 3. The number of rotatable bonds is 7. The monoisotopic (exact) mass is 480 g/mol. The van der Waals surface area contributed by atoms with Gasteiger partial charge in [-0.3, -0.25) is 4.79 Å². The molecule has 3 atom stereocenters. The zero-order valence-electron chi connectivity index (χ0n) is 18.3. The lowest BCUT2D eigenvalue weighted by molar-refractivity contribution is -0.287. The number of hydrogen-bond acceptors (Lipinski definition) is 6. The van der Waals surface area contributed by atoms with Crippen LogP contribution in [0.15, 0.2) is 48.5 Å². The maximum Gasteiger partial charge on any atom is 0.437 e. The SMILES string of the molecule is CCCOc1ccc(C(=O)[C@H]2[C@H](c3ccc(C(=O)OC)cc3)NC(=O)N[C@]2(O)C(F)(F)F)cc1. The van der Waals surface area contributed by atoms with Crippen LogP contribution >= 0.6 is 0 Å². The van der Waals surface area contributed by atoms with Gasteiger partial charge in [0.05, 0.1) is 25.3 Å². The van der Waals surface area contributed by atoms with Crippen molar-refractivity contribution in [3.05, 3.63) is 65.2 Å². The minimum Gasteiger partial charge on any atom is -0.494 e. The lowest BCUT2D eigenvalue weighted by atomic mass is 9.77. The minimum atomic E-state index is -5.38. The van der Waals surface area contributed by atoms with Crippen molar-refractivity contribution in [2.75, 3.05) is 13.7 Å². The number of carbonyl (C=O) groups excluding carboxylic acids is 3. The van der Waals surface area contributed by atoms with Gasteiger partial charge in [0.2, 0.25) is 5.72 Å². The lowest BCUT2D eigenvalue weighted by Gasteiger charge is -2.45. The summed E-state index contributed by atoms with van der Waals surface area (Å²) in [5.41, 5.74) is -3.78. The number of halogens is 3. The number of urea groups is 1. The summed E-state index contributed by atoms with van der Waals surface area (Å²) >= 11 is 0. The van der Waals surface area contributed by atoms with E-state index in [2.05, 4.69) is 10.1 Å². The second kappa shape index (κ2) is 9.72. The second-order valence-electron chi connectivity index (χ2n) is 7.67. The molecular formula is C23H23F3N2O6. The van der Waals surface area contributed by atoms with Crippen molar-refractivity contribution in [2.24, 2.45) is 5.92 Å². The Morgan fingerprint density at radius 3 is 2.18 bits per heavy atom. The van der Waals surface area contributed by atoms with E-state index in [1.165, 1.54) is 61.0 Å². The average molecular weight is 480 g/mol. The third kappa shape index (κ3) is 4.84. The van der Waals surface area contributed by atoms with Crippen molar-refractivity contribution in [2.45, 2.75) is 31.3 Å². The van der Waals surface area contributed by atoms with Crippen LogP contribution in [0.1, 0.15) is 45.7 Å². The van der Waals surface area contributed by atoms with E-state index in [1.807, 2.05) is 6.92 Å². The number of benzene rings is 2. The number of alkyl halides is 3. The number of Topliss-reactive ketones (excluding diaryl/α,β-unsaturated/α-hetero) is 1. The molecule has 1 aliphatic rings. The number of aliphatic hydroxyl groups is 1. The number of ketones is 1. The Morgan fingerprint density at radius 2 is 1.65 bits per heavy atom. The van der Waals surface area contributed by atoms with E-state index in [0.29, 0.717) is 12.4 Å². The summed E-state index contributed by atoms with van der Waals surface area (Å²) in [6.07, 6.45) is -4.64. The zero-order valence-corrected chi connectivity index (χ0v) is 18.3. The largest absolute Gasteiger partial charge is 0.494 e. The predicted octanol–water partition coefficient (Wildman–Crippen LogP) is 3.37. The van der Waals surface area contributed by atoms with Crippen molar-refractivity contribution in [3.8, 4) is 5.75 Å². The topological polar surface area (TPSA) is 114 Å². The number of esters is 1. The van der Waals surface area contributed by atoms with E-state index in [9.17, 15) is 32.7 Å². The van der Waals surface area contributed by atoms with Crippen LogP contribution in [0.5, 0.6) is 5.75 Å². The van der Waals surface area contributed by atoms with Crippen LogP contribution in [-0.2, 0) is 4.74 Å². The second-order valence-corrected chi connectivity index (χ2v) is 7.67. The van der Waals surface area contributed by atoms with Gasteiger partial charge in [0.1, 0.15) is 11.7 Å². The third-order valence-electron chi connectivity index (χ3n) is 5.39. The van der Waals surface area contributed by atoms with Gasteiger partial charge in [-0.25, -0.2) is 9.59 Å². The first-order valence-electron chi connectivity index (χ1n) is 10.3. The predicted molar refractivity (Wildman–Crippen MR) is 113 cm³/mol. The molecule has 1 aliphatic heterocycles. The highest BCUT2D eigenvalue weighted by atomic mass is 19.4. The molecule has 0 radical (unpaired) electrons. The van der Waals surface area contributed by atoms with E-state index in [4.69, 9.17) is 4.74 Å². The molecule has 3 rings (SSSR count). The molecule has 34 heavy (non-hydrogen) atoms. The highest BCUT2D eigenvalue weighted by molar-refractivity contribution is 6.00. The molecule has 2 aromatic carbocycles. The molecule has 3 N–H and O–H groups in total. The number of amides is 2. The first kappa shape index (κ1) is 25.0. The summed E-state index contributed by atoms with van der Waals surface area (Å²) in [7, 11) is 1.17. The molecule has 0 aliphatic carbocycles. The zero-order chi connectivity index (χ0) is 25.1. The molecule has 1 fully saturated rings. The molecule has 182 valence electrons. The van der Waals surface area contributed by atoms with Gasteiger partial charge in [0.15, 0.2) is 5.78 Å². The highest BCUT2D eigenvalue weighted by Gasteiger charge is 2.66. The minimum absolute atomic E-state index is 0.0754. The first-order valence-corrected chi connectivity index (χ1v) is 10.3. The van der Waals surface area contributed by atoms with Crippen molar-refractivity contribution >= 4 is 17.8 Å². The molecule has 8 nitrogen and oxygen atoms in total. The lowest BCUT2D eigenvalue weighted by Crippen LogP contribution is -2.72. The molecule has 2 amide bonds. The molecule has 0 aromatic heterocycles. The van der Waals surface area contributed by atoms with Crippen molar-refractivity contribution in [1.29, 1.82) is 0 Å². The van der Waals surface area contributed by atoms with Crippen molar-refractivity contribution in [3.63, 3.8) is 0 Å². The summed E-state index contributed by atoms with van der Waals surface area (Å²) in [6.45, 7) is 2.32. The van der Waals surface area contributed by atoms with Gasteiger partial charge < -0.3 is 25.2 Å². The van der Waals surface area contributed by atoms with Gasteiger partial charge in [-0.15, -0.1) is 0 Å². The summed E-state index contributed by atoms with van der Waals surface area (Å²) in [4.78, 5) is 37.1. The van der Waals surface area contributed by atoms with Crippen LogP contribution in [0, 0.1) is 5.92 Å². The van der Waals surface area contributed by atoms with Crippen LogP contribution in [0.2, 0.25) is 0 Å². The van der Waals surface area contributed by atoms with Gasteiger partial charge in [0.25, 0.3) is 0 Å². The van der Waals surface area contributed by atoms with Gasteiger partial charge in [-0.05, 0) is 48.4 Å². The van der Waals surface area contributed by atoms with Gasteiger partial charge in [-0.1, -0.05) is 19.1 Å². The normalized spacial score (nSPS) is 22.4. The Labute approximate surface area is 193 Å². The Bertz CT molecular complexity index is 1060. The van der Waals surface area contributed by atoms with E-state index >= 15 is 0 Å². The summed E-state index contributed by atoms with van der Waals surface area (Å²) < 4.78 is 52.0. The van der Waals surface area contributed by atoms with E-state index in [-0.39, 0.29) is 16.7 Å². The van der Waals surface area contributed by atoms with Gasteiger partial charge in [-0.2, -0.15) is 13.2 Å². The summed E-state index contributed by atoms with van der Waals surface area (Å²) in [6, 6.07) is 7.70. The molecule has 11 heteroatoms. The highest BCUT2D eigenvalue weighted by Crippen LogP contribution is 2.44. The molecule has 1 saturated heterocycles. The average Bonchev–Trinajstić information content (AvgIpc) is 2.81. The number of ether oxygens (including phenoxy) is 2. The van der Waals surface area contributed by atoms with Crippen LogP contribution in [-0.4, -0.2) is 48.5 Å². The third-order valence-corrected chi connectivity index (χ3v) is 5.39. The fourth-order valence-electron chi connectivity index (χ4n) is 3.68. The van der Waals surface area contributed by atoms with Crippen molar-refractivity contribution < 1.29 is 42.1 Å². The molecule has 0 saturated carbocycles. The number of hydrogen-bond donors (Lipinski definition) is 3. The fraction of sp³-hybridized carbons (Fsp3) is 0.348. The summed E-state index contributed by atoms with van der Waals surface area (Å²) in [5.74, 6) is -3.49. The maximum absolute atomic E-state index is 14.0. The number of methoxy groups -OCH3 is 1. The standard InChI is InChI=1S/C23H23F3N2O6/c1-3-12-34-16-10-8-14(9-11-16)19(29)17-18(13-4-6-15(7-5-13)20(30)33-2)27-21(31)28-22(17,32)23(24,25)26/h4-11,17-18,32H,3,12H2,1-2H3,(H2,27,28,31)/t17-,18+,22-/m1/s1. The Kier molecular flexibility index (Phi) is 7.15. The van der Waals surface area contributed by atoms with Crippen LogP contribution in [0.4, 0.5) is 18.0 Å². The van der Waals surface area contributed by atoms with Crippen LogP contribution < -0.4 is 15.4 Å². The fourth-order valence-corrected chi connectivity index (χ4v) is 3.68. The van der Waals surface area contributed by atoms with E-state index in [1.54, 1.807) is 0 Å². The molecule has 2 aromatic rings. The molecule has 0 bridgehead atoms. The van der Waals surface area contributed by atoms with Crippen LogP contribution in [0.25, 0.3) is 0 Å². The maximum atomic E-state index is 14.0. The first-order chi connectivity index (χ1) is 16.0. The molecule has 0 spiro atoms. The van der Waals surface area contributed by atoms with Gasteiger partial charge in [0, 0.05) is 5.56 Å². The van der Waals surface area contributed by atoms with Crippen LogP contribution in [0.3, 0.4) is 0 Å². The Hall–Kier alpha value is -3.60. The van der Waals surface area contributed by atoms with E-state index < -0.39 is 41.6 Å². The Morgan fingerprint density at radius 1 is 1.06 bits per heavy atom.